The molecule has 0 unspecified atom stereocenters. The van der Waals surface area contributed by atoms with E-state index in [-0.39, 0.29) is 0 Å². The third-order valence-electron chi connectivity index (χ3n) is 6.66. The molecule has 39 heavy (non-hydrogen) atoms. The molecule has 0 spiro atoms. The molecular weight excluding hydrogens is 480 g/mol. The molecule has 0 aliphatic heterocycles. The highest BCUT2D eigenvalue weighted by Crippen LogP contribution is 2.33. The van der Waals surface area contributed by atoms with Gasteiger partial charge in [0.25, 0.3) is 0 Å². The average Bonchev–Trinajstić information content (AvgIpc) is 3.52. The lowest BCUT2D eigenvalue weighted by molar-refractivity contribution is 0.584. The van der Waals surface area contributed by atoms with Crippen molar-refractivity contribution in [3.8, 4) is 56.6 Å². The van der Waals surface area contributed by atoms with Crippen molar-refractivity contribution in [1.29, 1.82) is 0 Å². The van der Waals surface area contributed by atoms with Crippen LogP contribution in [0.25, 0.3) is 67.6 Å². The molecule has 2 heterocycles. The van der Waals surface area contributed by atoms with Crippen molar-refractivity contribution < 1.29 is 4.42 Å². The molecular formula is C34H22N4O. The average molecular weight is 503 g/mol. The summed E-state index contributed by atoms with van der Waals surface area (Å²) in [6.45, 7) is 0. The number of fused-ring (bicyclic) bond motifs is 1. The minimum absolute atomic E-state index is 0.492. The first-order valence-corrected chi connectivity index (χ1v) is 12.7. The molecule has 0 aliphatic rings. The maximum atomic E-state index is 5.98. The minimum Gasteiger partial charge on any atom is -0.416 e. The quantitative estimate of drug-likeness (QED) is 0.237. The molecule has 184 valence electrons. The van der Waals surface area contributed by atoms with Gasteiger partial charge in [-0.05, 0) is 47.5 Å². The summed E-state index contributed by atoms with van der Waals surface area (Å²) in [5.74, 6) is 0.998. The second kappa shape index (κ2) is 9.80. The number of benzene rings is 5. The molecule has 5 aromatic carbocycles. The van der Waals surface area contributed by atoms with E-state index < -0.39 is 0 Å². The summed E-state index contributed by atoms with van der Waals surface area (Å²) in [6, 6.07) is 44.6. The molecule has 0 radical (unpaired) electrons. The first-order valence-electron chi connectivity index (χ1n) is 12.7. The second-order valence-electron chi connectivity index (χ2n) is 9.21. The number of rotatable bonds is 5. The highest BCUT2D eigenvalue weighted by atomic mass is 16.4. The number of para-hydroxylation sites is 2. The van der Waals surface area contributed by atoms with Crippen molar-refractivity contribution >= 4 is 11.0 Å². The Morgan fingerprint density at radius 1 is 0.359 bits per heavy atom. The molecule has 0 amide bonds. The summed E-state index contributed by atoms with van der Waals surface area (Å²) in [7, 11) is 0. The van der Waals surface area contributed by atoms with Gasteiger partial charge in [0.2, 0.25) is 11.8 Å². The Hall–Kier alpha value is -5.42. The Balaban J connectivity index is 1.24. The predicted molar refractivity (Wildman–Crippen MR) is 155 cm³/mol. The summed E-state index contributed by atoms with van der Waals surface area (Å²) < 4.78 is 5.98. The Morgan fingerprint density at radius 3 is 1.46 bits per heavy atom. The van der Waals surface area contributed by atoms with Crippen molar-refractivity contribution in [2.75, 3.05) is 0 Å². The van der Waals surface area contributed by atoms with E-state index in [2.05, 4.69) is 58.7 Å². The van der Waals surface area contributed by atoms with E-state index in [9.17, 15) is 0 Å². The Bertz CT molecular complexity index is 1900. The Morgan fingerprint density at radius 2 is 0.821 bits per heavy atom. The van der Waals surface area contributed by atoms with Gasteiger partial charge in [-0.1, -0.05) is 97.1 Å². The van der Waals surface area contributed by atoms with Gasteiger partial charge < -0.3 is 4.42 Å². The van der Waals surface area contributed by atoms with E-state index >= 15 is 0 Å². The topological polar surface area (TPSA) is 64.7 Å². The van der Waals surface area contributed by atoms with E-state index in [1.54, 1.807) is 0 Å². The van der Waals surface area contributed by atoms with Gasteiger partial charge in [0, 0.05) is 22.3 Å². The van der Waals surface area contributed by atoms with Gasteiger partial charge >= 0.3 is 0 Å². The highest BCUT2D eigenvalue weighted by Gasteiger charge is 2.14. The van der Waals surface area contributed by atoms with Gasteiger partial charge in [-0.2, -0.15) is 0 Å². The molecule has 7 aromatic rings. The molecule has 0 bridgehead atoms. The molecule has 0 fully saturated rings. The van der Waals surface area contributed by atoms with Gasteiger partial charge in [0.05, 0.1) is 22.4 Å². The third-order valence-corrected chi connectivity index (χ3v) is 6.66. The molecule has 0 N–H and O–H groups in total. The monoisotopic (exact) mass is 502 g/mol. The van der Waals surface area contributed by atoms with Crippen LogP contribution in [0.15, 0.2) is 138 Å². The normalized spacial score (nSPS) is 11.1. The van der Waals surface area contributed by atoms with Crippen LogP contribution in [0.3, 0.4) is 0 Å². The molecule has 0 saturated heterocycles. The lowest BCUT2D eigenvalue weighted by Gasteiger charge is -2.11. The number of aromatic nitrogens is 4. The van der Waals surface area contributed by atoms with E-state index in [1.165, 1.54) is 0 Å². The zero-order chi connectivity index (χ0) is 26.0. The standard InChI is InChI=1S/C34H22N4O/c1-3-10-24(11-4-1)31-32(36-30-17-8-7-16-29(30)35-31)25-20-18-23(19-21-25)27-14-9-15-28(22-27)34-38-37-33(39-34)26-12-5-2-6-13-26/h1-22H. The molecule has 5 nitrogen and oxygen atoms in total. The van der Waals surface area contributed by atoms with Crippen LogP contribution in [0.2, 0.25) is 0 Å². The van der Waals surface area contributed by atoms with Crippen LogP contribution >= 0.6 is 0 Å². The molecule has 0 aliphatic carbocycles. The minimum atomic E-state index is 0.492. The maximum Gasteiger partial charge on any atom is 0.248 e. The highest BCUT2D eigenvalue weighted by molar-refractivity contribution is 5.86. The number of nitrogens with zero attached hydrogens (tertiary/aromatic N) is 4. The lowest BCUT2D eigenvalue weighted by Crippen LogP contribution is -1.95. The van der Waals surface area contributed by atoms with Crippen LogP contribution in [0.5, 0.6) is 0 Å². The van der Waals surface area contributed by atoms with Crippen LogP contribution in [-0.4, -0.2) is 20.2 Å². The zero-order valence-corrected chi connectivity index (χ0v) is 20.9. The summed E-state index contributed by atoms with van der Waals surface area (Å²) in [5.41, 5.74) is 9.45. The number of hydrogen-bond donors (Lipinski definition) is 0. The van der Waals surface area contributed by atoms with Gasteiger partial charge in [-0.3, -0.25) is 0 Å². The molecule has 0 saturated carbocycles. The first kappa shape index (κ1) is 22.8. The van der Waals surface area contributed by atoms with Crippen molar-refractivity contribution in [1.82, 2.24) is 20.2 Å². The third kappa shape index (κ3) is 4.47. The smallest absolute Gasteiger partial charge is 0.248 e. The second-order valence-corrected chi connectivity index (χ2v) is 9.21. The van der Waals surface area contributed by atoms with Crippen LogP contribution in [0.1, 0.15) is 0 Å². The van der Waals surface area contributed by atoms with Crippen molar-refractivity contribution in [3.05, 3.63) is 133 Å². The molecule has 2 aromatic heterocycles. The summed E-state index contributed by atoms with van der Waals surface area (Å²) >= 11 is 0. The van der Waals surface area contributed by atoms with E-state index in [4.69, 9.17) is 14.4 Å². The summed E-state index contributed by atoms with van der Waals surface area (Å²) in [4.78, 5) is 10.0. The zero-order valence-electron chi connectivity index (χ0n) is 20.9. The Labute approximate surface area is 225 Å². The Kier molecular flexibility index (Phi) is 5.72. The largest absolute Gasteiger partial charge is 0.416 e. The van der Waals surface area contributed by atoms with Crippen molar-refractivity contribution in [3.63, 3.8) is 0 Å². The predicted octanol–water partition coefficient (Wildman–Crippen LogP) is 8.35. The fourth-order valence-corrected chi connectivity index (χ4v) is 4.69. The first-order chi connectivity index (χ1) is 19.3. The molecule has 0 atom stereocenters. The van der Waals surface area contributed by atoms with Gasteiger partial charge in [0.15, 0.2) is 0 Å². The van der Waals surface area contributed by atoms with Gasteiger partial charge in [0.1, 0.15) is 0 Å². The van der Waals surface area contributed by atoms with Crippen molar-refractivity contribution in [2.24, 2.45) is 0 Å². The van der Waals surface area contributed by atoms with Crippen molar-refractivity contribution in [2.45, 2.75) is 0 Å². The van der Waals surface area contributed by atoms with Crippen LogP contribution in [0, 0.1) is 0 Å². The van der Waals surface area contributed by atoms with E-state index in [1.807, 2.05) is 84.9 Å². The van der Waals surface area contributed by atoms with Crippen LogP contribution in [0.4, 0.5) is 0 Å². The molecule has 5 heteroatoms. The van der Waals surface area contributed by atoms with E-state index in [0.29, 0.717) is 11.8 Å². The van der Waals surface area contributed by atoms with Gasteiger partial charge in [-0.25, -0.2) is 9.97 Å². The lowest BCUT2D eigenvalue weighted by atomic mass is 9.99. The van der Waals surface area contributed by atoms with Crippen LogP contribution in [-0.2, 0) is 0 Å². The summed E-state index contributed by atoms with van der Waals surface area (Å²) in [6.07, 6.45) is 0. The van der Waals surface area contributed by atoms with E-state index in [0.717, 1.165) is 55.8 Å². The van der Waals surface area contributed by atoms with Crippen LogP contribution < -0.4 is 0 Å². The SMILES string of the molecule is c1ccc(-c2nnc(-c3cccc(-c4ccc(-c5nc6ccccc6nc5-c5ccccc5)cc4)c3)o2)cc1. The fourth-order valence-electron chi connectivity index (χ4n) is 4.69. The fraction of sp³-hybridized carbons (Fsp3) is 0. The maximum absolute atomic E-state index is 5.98. The molecule has 7 rings (SSSR count). The summed E-state index contributed by atoms with van der Waals surface area (Å²) in [5, 5.41) is 8.52. The van der Waals surface area contributed by atoms with Gasteiger partial charge in [-0.15, -0.1) is 10.2 Å². The number of hydrogen-bond acceptors (Lipinski definition) is 5.